The third kappa shape index (κ3) is 2.52. The highest BCUT2D eigenvalue weighted by Crippen LogP contribution is 2.38. The van der Waals surface area contributed by atoms with Crippen LogP contribution in [0.25, 0.3) is 15.9 Å². The molecule has 5 rings (SSSR count). The lowest BCUT2D eigenvalue weighted by atomic mass is 9.89. The van der Waals surface area contributed by atoms with Gasteiger partial charge in [0.25, 0.3) is 0 Å². The van der Waals surface area contributed by atoms with Gasteiger partial charge in [-0.15, -0.1) is 16.4 Å². The van der Waals surface area contributed by atoms with Crippen LogP contribution in [0, 0.1) is 5.92 Å². The van der Waals surface area contributed by atoms with Gasteiger partial charge in [0.2, 0.25) is 0 Å². The zero-order valence-corrected chi connectivity index (χ0v) is 15.4. The quantitative estimate of drug-likeness (QED) is 0.722. The normalized spacial score (nSPS) is 21.4. The number of thiophene rings is 1. The van der Waals surface area contributed by atoms with E-state index in [1.54, 1.807) is 26.7 Å². The molecule has 132 valence electrons. The molecule has 7 heteroatoms. The standard InChI is InChI=1S/C18H23N5OS/c1-12-4-5-13-14(10-12)25-17-15(13)16-20-23(18(24)22(16)11-19-17)9-8-21-6-2-3-7-21/h11-12H,2-10H2,1H3/t12-/m0/s1. The highest BCUT2D eigenvalue weighted by molar-refractivity contribution is 7.19. The van der Waals surface area contributed by atoms with Crippen LogP contribution in [0.4, 0.5) is 0 Å². The molecule has 3 aromatic rings. The fourth-order valence-electron chi connectivity index (χ4n) is 4.25. The summed E-state index contributed by atoms with van der Waals surface area (Å²) in [5.74, 6) is 0.733. The molecule has 0 amide bonds. The summed E-state index contributed by atoms with van der Waals surface area (Å²) in [5, 5.41) is 5.82. The van der Waals surface area contributed by atoms with Crippen LogP contribution in [-0.4, -0.2) is 43.7 Å². The van der Waals surface area contributed by atoms with Crippen molar-refractivity contribution in [2.75, 3.05) is 19.6 Å². The van der Waals surface area contributed by atoms with E-state index in [0.29, 0.717) is 6.54 Å². The number of rotatable bonds is 3. The Balaban J connectivity index is 1.58. The molecule has 0 spiro atoms. The Hall–Kier alpha value is -1.73. The Morgan fingerprint density at radius 3 is 2.96 bits per heavy atom. The zero-order chi connectivity index (χ0) is 17.0. The minimum atomic E-state index is -0.0623. The Bertz CT molecular complexity index is 994. The third-order valence-electron chi connectivity index (χ3n) is 5.70. The van der Waals surface area contributed by atoms with Crippen LogP contribution >= 0.6 is 11.3 Å². The van der Waals surface area contributed by atoms with E-state index in [1.807, 2.05) is 0 Å². The Labute approximate surface area is 150 Å². The summed E-state index contributed by atoms with van der Waals surface area (Å²) in [6.07, 6.45) is 7.60. The second kappa shape index (κ2) is 5.92. The van der Waals surface area contributed by atoms with Gasteiger partial charge in [-0.2, -0.15) is 0 Å². The van der Waals surface area contributed by atoms with Crippen molar-refractivity contribution in [1.29, 1.82) is 0 Å². The van der Waals surface area contributed by atoms with Gasteiger partial charge in [0.05, 0.1) is 11.9 Å². The van der Waals surface area contributed by atoms with Crippen molar-refractivity contribution in [3.8, 4) is 0 Å². The van der Waals surface area contributed by atoms with Crippen LogP contribution in [0.5, 0.6) is 0 Å². The number of hydrogen-bond acceptors (Lipinski definition) is 5. The molecule has 2 aliphatic rings. The molecular formula is C18H23N5OS. The second-order valence-corrected chi connectivity index (χ2v) is 8.61. The molecule has 4 heterocycles. The lowest BCUT2D eigenvalue weighted by Gasteiger charge is -2.17. The number of nitrogens with zero attached hydrogens (tertiary/aromatic N) is 5. The highest BCUT2D eigenvalue weighted by Gasteiger charge is 2.24. The van der Waals surface area contributed by atoms with E-state index in [4.69, 9.17) is 5.10 Å². The minimum absolute atomic E-state index is 0.0623. The summed E-state index contributed by atoms with van der Waals surface area (Å²) >= 11 is 1.78. The van der Waals surface area contributed by atoms with Gasteiger partial charge in [-0.05, 0) is 56.7 Å². The van der Waals surface area contributed by atoms with E-state index in [2.05, 4.69) is 16.8 Å². The first-order valence-electron chi connectivity index (χ1n) is 9.31. The van der Waals surface area contributed by atoms with Gasteiger partial charge < -0.3 is 4.90 Å². The van der Waals surface area contributed by atoms with Crippen LogP contribution in [-0.2, 0) is 19.4 Å². The molecule has 1 saturated heterocycles. The number of hydrogen-bond donors (Lipinski definition) is 0. The van der Waals surface area contributed by atoms with Crippen LogP contribution in [0.3, 0.4) is 0 Å². The smallest absolute Gasteiger partial charge is 0.301 e. The van der Waals surface area contributed by atoms with Crippen molar-refractivity contribution in [3.63, 3.8) is 0 Å². The van der Waals surface area contributed by atoms with Crippen molar-refractivity contribution >= 4 is 27.2 Å². The fraction of sp³-hybridized carbons (Fsp3) is 0.611. The van der Waals surface area contributed by atoms with Crippen molar-refractivity contribution in [2.24, 2.45) is 5.92 Å². The summed E-state index contributed by atoms with van der Waals surface area (Å²) in [6.45, 7) is 6.16. The van der Waals surface area contributed by atoms with Crippen molar-refractivity contribution in [1.82, 2.24) is 24.1 Å². The maximum atomic E-state index is 12.7. The van der Waals surface area contributed by atoms with Crippen molar-refractivity contribution in [2.45, 2.75) is 45.6 Å². The molecule has 25 heavy (non-hydrogen) atoms. The molecule has 1 atom stereocenters. The zero-order valence-electron chi connectivity index (χ0n) is 14.6. The molecule has 0 unspecified atom stereocenters. The number of aryl methyl sites for hydroxylation is 1. The lowest BCUT2D eigenvalue weighted by Crippen LogP contribution is -2.29. The molecular weight excluding hydrogens is 334 g/mol. The molecule has 6 nitrogen and oxygen atoms in total. The molecule has 0 aromatic carbocycles. The van der Waals surface area contributed by atoms with Crippen molar-refractivity contribution in [3.05, 3.63) is 27.3 Å². The number of fused-ring (bicyclic) bond motifs is 5. The summed E-state index contributed by atoms with van der Waals surface area (Å²) in [7, 11) is 0. The van der Waals surface area contributed by atoms with E-state index in [9.17, 15) is 4.79 Å². The minimum Gasteiger partial charge on any atom is -0.301 e. The van der Waals surface area contributed by atoms with E-state index < -0.39 is 0 Å². The summed E-state index contributed by atoms with van der Waals surface area (Å²) in [5.41, 5.74) is 2.11. The van der Waals surface area contributed by atoms with Crippen LogP contribution in [0.1, 0.15) is 36.6 Å². The largest absolute Gasteiger partial charge is 0.351 e. The summed E-state index contributed by atoms with van der Waals surface area (Å²) in [6, 6.07) is 0. The average Bonchev–Trinajstić information content (AvgIpc) is 3.30. The van der Waals surface area contributed by atoms with Gasteiger partial charge in [0.1, 0.15) is 11.2 Å². The van der Waals surface area contributed by atoms with E-state index in [0.717, 1.165) is 54.3 Å². The van der Waals surface area contributed by atoms with Gasteiger partial charge in [-0.1, -0.05) is 6.92 Å². The van der Waals surface area contributed by atoms with Crippen molar-refractivity contribution < 1.29 is 0 Å². The molecule has 0 N–H and O–H groups in total. The highest BCUT2D eigenvalue weighted by atomic mass is 32.1. The summed E-state index contributed by atoms with van der Waals surface area (Å²) < 4.78 is 3.27. The second-order valence-electron chi connectivity index (χ2n) is 7.52. The first kappa shape index (κ1) is 15.5. The molecule has 1 aliphatic carbocycles. The Morgan fingerprint density at radius 2 is 2.12 bits per heavy atom. The van der Waals surface area contributed by atoms with Crippen LogP contribution < -0.4 is 5.69 Å². The van der Waals surface area contributed by atoms with Gasteiger partial charge >= 0.3 is 5.69 Å². The van der Waals surface area contributed by atoms with Crippen LogP contribution in [0.15, 0.2) is 11.1 Å². The Kier molecular flexibility index (Phi) is 3.67. The first-order chi connectivity index (χ1) is 12.2. The van der Waals surface area contributed by atoms with Crippen LogP contribution in [0.2, 0.25) is 0 Å². The number of likely N-dealkylation sites (tertiary alicyclic amines) is 1. The molecule has 1 fully saturated rings. The predicted octanol–water partition coefficient (Wildman–Crippen LogP) is 2.33. The predicted molar refractivity (Wildman–Crippen MR) is 99.5 cm³/mol. The maximum Gasteiger partial charge on any atom is 0.351 e. The summed E-state index contributed by atoms with van der Waals surface area (Å²) in [4.78, 5) is 22.2. The number of aromatic nitrogens is 4. The molecule has 0 bridgehead atoms. The lowest BCUT2D eigenvalue weighted by molar-refractivity contribution is 0.313. The third-order valence-corrected chi connectivity index (χ3v) is 6.87. The Morgan fingerprint density at radius 1 is 1.28 bits per heavy atom. The first-order valence-corrected chi connectivity index (χ1v) is 10.1. The maximum absolute atomic E-state index is 12.7. The van der Waals surface area contributed by atoms with E-state index >= 15 is 0 Å². The fourth-order valence-corrected chi connectivity index (χ4v) is 5.60. The SMILES string of the molecule is C[C@H]1CCc2c(sc3ncn4c(=O)n(CCN5CCCC5)nc4c23)C1. The van der Waals surface area contributed by atoms with Gasteiger partial charge in [0.15, 0.2) is 5.65 Å². The monoisotopic (exact) mass is 357 g/mol. The molecule has 3 aromatic heterocycles. The molecule has 0 saturated carbocycles. The van der Waals surface area contributed by atoms with E-state index in [-0.39, 0.29) is 5.69 Å². The average molecular weight is 357 g/mol. The van der Waals surface area contributed by atoms with Gasteiger partial charge in [-0.3, -0.25) is 0 Å². The molecule has 0 radical (unpaired) electrons. The van der Waals surface area contributed by atoms with Gasteiger partial charge in [0, 0.05) is 11.4 Å². The topological polar surface area (TPSA) is 55.4 Å². The molecule has 1 aliphatic heterocycles. The van der Waals surface area contributed by atoms with Gasteiger partial charge in [-0.25, -0.2) is 18.9 Å². The van der Waals surface area contributed by atoms with E-state index in [1.165, 1.54) is 29.7 Å².